The monoisotopic (exact) mass is 413 g/mol. The number of methoxy groups -OCH3 is 2. The summed E-state index contributed by atoms with van der Waals surface area (Å²) in [6.45, 7) is 2.17. The van der Waals surface area contributed by atoms with E-state index in [1.807, 2.05) is 43.3 Å². The molecule has 1 amide bonds. The summed E-state index contributed by atoms with van der Waals surface area (Å²) < 4.78 is 28.8. The molecule has 1 heterocycles. The van der Waals surface area contributed by atoms with Gasteiger partial charge in [-0.3, -0.25) is 9.00 Å². The second-order valence-electron chi connectivity index (χ2n) is 6.36. The number of benzene rings is 2. The van der Waals surface area contributed by atoms with Crippen molar-refractivity contribution < 1.29 is 22.9 Å². The van der Waals surface area contributed by atoms with E-state index in [2.05, 4.69) is 5.32 Å². The standard InChI is InChI=1S/C22H23NO5S/c1-15-7-4-5-10-20(15)29(25)14-17-11-12-19(28-17)22(24)23-13-16-8-6-9-18(26-2)21(16)27-3/h4-12H,13-14H2,1-3H3,(H,23,24)/t29-/m0/s1. The molecule has 1 atom stereocenters. The molecule has 0 saturated carbocycles. The Labute approximate surface area is 172 Å². The van der Waals surface area contributed by atoms with Gasteiger partial charge in [0.15, 0.2) is 17.3 Å². The summed E-state index contributed by atoms with van der Waals surface area (Å²) in [7, 11) is 1.87. The predicted octanol–water partition coefficient (Wildman–Crippen LogP) is 3.84. The predicted molar refractivity (Wildman–Crippen MR) is 111 cm³/mol. The van der Waals surface area contributed by atoms with Crippen LogP contribution in [0.15, 0.2) is 63.9 Å². The van der Waals surface area contributed by atoms with Crippen molar-refractivity contribution in [3.63, 3.8) is 0 Å². The second kappa shape index (κ2) is 9.43. The van der Waals surface area contributed by atoms with Crippen molar-refractivity contribution in [1.29, 1.82) is 0 Å². The quantitative estimate of drug-likeness (QED) is 0.607. The molecule has 0 fully saturated rings. The van der Waals surface area contributed by atoms with Crippen LogP contribution >= 0.6 is 0 Å². The molecule has 7 heteroatoms. The highest BCUT2D eigenvalue weighted by atomic mass is 32.2. The Balaban J connectivity index is 1.64. The fourth-order valence-corrected chi connectivity index (χ4v) is 4.18. The molecule has 1 N–H and O–H groups in total. The third-order valence-corrected chi connectivity index (χ3v) is 5.92. The molecule has 3 rings (SSSR count). The number of nitrogens with one attached hydrogen (secondary N) is 1. The smallest absolute Gasteiger partial charge is 0.287 e. The van der Waals surface area contributed by atoms with Crippen LogP contribution in [0.5, 0.6) is 11.5 Å². The lowest BCUT2D eigenvalue weighted by molar-refractivity contribution is 0.0921. The minimum Gasteiger partial charge on any atom is -0.493 e. The van der Waals surface area contributed by atoms with Crippen LogP contribution in [-0.2, 0) is 23.1 Å². The number of amides is 1. The lowest BCUT2D eigenvalue weighted by Crippen LogP contribution is -2.22. The van der Waals surface area contributed by atoms with Gasteiger partial charge in [-0.05, 0) is 36.8 Å². The van der Waals surface area contributed by atoms with Crippen molar-refractivity contribution in [2.24, 2.45) is 0 Å². The Hall–Kier alpha value is -3.06. The maximum Gasteiger partial charge on any atom is 0.287 e. The highest BCUT2D eigenvalue weighted by Gasteiger charge is 2.16. The number of carbonyl (C=O) groups is 1. The van der Waals surface area contributed by atoms with Gasteiger partial charge in [0.05, 0.1) is 30.8 Å². The number of aryl methyl sites for hydroxylation is 1. The summed E-state index contributed by atoms with van der Waals surface area (Å²) in [6.07, 6.45) is 0. The van der Waals surface area contributed by atoms with E-state index >= 15 is 0 Å². The van der Waals surface area contributed by atoms with E-state index in [4.69, 9.17) is 13.9 Å². The molecule has 29 heavy (non-hydrogen) atoms. The SMILES string of the molecule is COc1cccc(CNC(=O)c2ccc(C[S@](=O)c3ccccc3C)o2)c1OC. The molecule has 152 valence electrons. The van der Waals surface area contributed by atoms with E-state index in [-0.39, 0.29) is 24.0 Å². The van der Waals surface area contributed by atoms with Gasteiger partial charge in [0.2, 0.25) is 0 Å². The van der Waals surface area contributed by atoms with Crippen molar-refractivity contribution >= 4 is 16.7 Å². The van der Waals surface area contributed by atoms with Gasteiger partial charge in [-0.15, -0.1) is 0 Å². The van der Waals surface area contributed by atoms with Gasteiger partial charge in [0.1, 0.15) is 5.76 Å². The zero-order valence-electron chi connectivity index (χ0n) is 16.6. The molecule has 2 aromatic carbocycles. The lowest BCUT2D eigenvalue weighted by Gasteiger charge is -2.12. The second-order valence-corrected chi connectivity index (χ2v) is 7.78. The number of para-hydroxylation sites is 1. The fourth-order valence-electron chi connectivity index (χ4n) is 2.95. The molecular formula is C22H23NO5S. The number of ether oxygens (including phenoxy) is 2. The number of hydrogen-bond donors (Lipinski definition) is 1. The van der Waals surface area contributed by atoms with Gasteiger partial charge in [0.25, 0.3) is 5.91 Å². The number of carbonyl (C=O) groups excluding carboxylic acids is 1. The van der Waals surface area contributed by atoms with Crippen LogP contribution in [0.2, 0.25) is 0 Å². The lowest BCUT2D eigenvalue weighted by atomic mass is 10.2. The Bertz CT molecular complexity index is 1030. The summed E-state index contributed by atoms with van der Waals surface area (Å²) in [5, 5.41) is 2.80. The Morgan fingerprint density at radius 3 is 2.55 bits per heavy atom. The number of furan rings is 1. The third-order valence-electron chi connectivity index (χ3n) is 4.42. The number of rotatable bonds is 8. The van der Waals surface area contributed by atoms with Crippen molar-refractivity contribution in [2.75, 3.05) is 14.2 Å². The third kappa shape index (κ3) is 4.86. The first-order valence-corrected chi connectivity index (χ1v) is 10.4. The van der Waals surface area contributed by atoms with E-state index in [0.29, 0.717) is 17.3 Å². The fraction of sp³-hybridized carbons (Fsp3) is 0.227. The van der Waals surface area contributed by atoms with Crippen LogP contribution in [0.25, 0.3) is 0 Å². The zero-order chi connectivity index (χ0) is 20.8. The van der Waals surface area contributed by atoms with Crippen LogP contribution in [-0.4, -0.2) is 24.3 Å². The van der Waals surface area contributed by atoms with Crippen LogP contribution in [0.4, 0.5) is 0 Å². The Morgan fingerprint density at radius 1 is 1.03 bits per heavy atom. The van der Waals surface area contributed by atoms with Gasteiger partial charge in [-0.1, -0.05) is 30.3 Å². The van der Waals surface area contributed by atoms with Crippen molar-refractivity contribution in [2.45, 2.75) is 24.1 Å². The van der Waals surface area contributed by atoms with Gasteiger partial charge >= 0.3 is 0 Å². The summed E-state index contributed by atoms with van der Waals surface area (Å²) in [5.41, 5.74) is 1.75. The maximum absolute atomic E-state index is 12.6. The van der Waals surface area contributed by atoms with Crippen LogP contribution < -0.4 is 14.8 Å². The molecule has 0 spiro atoms. The molecular weight excluding hydrogens is 390 g/mol. The summed E-state index contributed by atoms with van der Waals surface area (Å²) in [6, 6.07) is 16.2. The molecule has 0 aliphatic rings. The van der Waals surface area contributed by atoms with Crippen LogP contribution in [0.3, 0.4) is 0 Å². The van der Waals surface area contributed by atoms with E-state index in [1.165, 1.54) is 0 Å². The van der Waals surface area contributed by atoms with Crippen LogP contribution in [0, 0.1) is 6.92 Å². The van der Waals surface area contributed by atoms with E-state index < -0.39 is 10.8 Å². The number of hydrogen-bond acceptors (Lipinski definition) is 5. The molecule has 1 aromatic heterocycles. The maximum atomic E-state index is 12.6. The molecule has 3 aromatic rings. The molecule has 0 bridgehead atoms. The van der Waals surface area contributed by atoms with Crippen molar-refractivity contribution in [1.82, 2.24) is 5.32 Å². The molecule has 6 nitrogen and oxygen atoms in total. The normalized spacial score (nSPS) is 11.7. The molecule has 0 saturated heterocycles. The van der Waals surface area contributed by atoms with Gasteiger partial charge in [-0.2, -0.15) is 0 Å². The van der Waals surface area contributed by atoms with Crippen molar-refractivity contribution in [3.05, 3.63) is 77.2 Å². The topological polar surface area (TPSA) is 77.8 Å². The minimum absolute atomic E-state index is 0.170. The summed E-state index contributed by atoms with van der Waals surface area (Å²) in [5.74, 6) is 1.69. The summed E-state index contributed by atoms with van der Waals surface area (Å²) in [4.78, 5) is 13.2. The minimum atomic E-state index is -1.24. The first-order valence-electron chi connectivity index (χ1n) is 9.04. The van der Waals surface area contributed by atoms with Gasteiger partial charge in [-0.25, -0.2) is 0 Å². The van der Waals surface area contributed by atoms with Crippen LogP contribution in [0.1, 0.15) is 27.4 Å². The largest absolute Gasteiger partial charge is 0.493 e. The average molecular weight is 413 g/mol. The zero-order valence-corrected chi connectivity index (χ0v) is 17.4. The van der Waals surface area contributed by atoms with Gasteiger partial charge < -0.3 is 19.2 Å². The summed E-state index contributed by atoms with van der Waals surface area (Å²) >= 11 is 0. The molecule has 0 aliphatic carbocycles. The van der Waals surface area contributed by atoms with E-state index in [9.17, 15) is 9.00 Å². The highest BCUT2D eigenvalue weighted by molar-refractivity contribution is 7.84. The van der Waals surface area contributed by atoms with Gasteiger partial charge in [0, 0.05) is 17.0 Å². The average Bonchev–Trinajstić information content (AvgIpc) is 3.20. The Morgan fingerprint density at radius 2 is 1.83 bits per heavy atom. The first-order chi connectivity index (χ1) is 14.0. The van der Waals surface area contributed by atoms with E-state index in [1.54, 1.807) is 32.4 Å². The molecule has 0 aliphatic heterocycles. The molecule has 0 unspecified atom stereocenters. The van der Waals surface area contributed by atoms with Crippen molar-refractivity contribution in [3.8, 4) is 11.5 Å². The highest BCUT2D eigenvalue weighted by Crippen LogP contribution is 2.30. The van der Waals surface area contributed by atoms with E-state index in [0.717, 1.165) is 16.0 Å². The first kappa shape index (κ1) is 20.7. The Kier molecular flexibility index (Phi) is 6.72. The molecule has 0 radical (unpaired) electrons.